The van der Waals surface area contributed by atoms with Crippen molar-refractivity contribution in [1.82, 2.24) is 14.7 Å². The van der Waals surface area contributed by atoms with Crippen LogP contribution >= 0.6 is 11.3 Å². The van der Waals surface area contributed by atoms with Gasteiger partial charge in [0.1, 0.15) is 10.6 Å². The minimum Gasteiger partial charge on any atom is -0.326 e. The molecule has 0 spiro atoms. The summed E-state index contributed by atoms with van der Waals surface area (Å²) < 4.78 is 26.4. The van der Waals surface area contributed by atoms with Crippen LogP contribution in [0, 0.1) is 0 Å². The molecule has 1 aromatic carbocycles. The summed E-state index contributed by atoms with van der Waals surface area (Å²) >= 11 is 1.37. The third kappa shape index (κ3) is 3.89. The Balaban J connectivity index is 1.60. The number of carbonyl (C=O) groups excluding carboxylic acids is 2. The van der Waals surface area contributed by atoms with Gasteiger partial charge >= 0.3 is 0 Å². The molecule has 0 radical (unpaired) electrons. The smallest absolute Gasteiger partial charge is 0.270 e. The minimum atomic E-state index is -3.92. The van der Waals surface area contributed by atoms with Gasteiger partial charge < -0.3 is 15.1 Å². The zero-order valence-electron chi connectivity index (χ0n) is 17.5. The molecule has 166 valence electrons. The third-order valence-corrected chi connectivity index (χ3v) is 7.20. The van der Waals surface area contributed by atoms with Crippen molar-refractivity contribution in [2.75, 3.05) is 29.2 Å². The Labute approximate surface area is 189 Å². The number of rotatable bonds is 5. The first-order valence-electron chi connectivity index (χ1n) is 9.60. The first-order valence-corrected chi connectivity index (χ1v) is 12.0. The molecule has 2 N–H and O–H groups in total. The van der Waals surface area contributed by atoms with Crippen LogP contribution in [0.3, 0.4) is 0 Å². The number of fused-ring (bicyclic) bond motifs is 2. The fourth-order valence-electron chi connectivity index (χ4n) is 3.14. The van der Waals surface area contributed by atoms with E-state index in [4.69, 9.17) is 0 Å². The number of anilines is 5. The van der Waals surface area contributed by atoms with E-state index in [1.54, 1.807) is 32.3 Å². The lowest BCUT2D eigenvalue weighted by molar-refractivity contribution is -0.119. The van der Waals surface area contributed by atoms with Crippen LogP contribution in [0.1, 0.15) is 23.0 Å². The van der Waals surface area contributed by atoms with Crippen molar-refractivity contribution in [3.63, 3.8) is 0 Å². The topological polar surface area (TPSA) is 125 Å². The Bertz CT molecular complexity index is 1300. The summed E-state index contributed by atoms with van der Waals surface area (Å²) in [5.41, 5.74) is 1.89. The second-order valence-corrected chi connectivity index (χ2v) is 9.59. The lowest BCUT2D eigenvalue weighted by Crippen LogP contribution is -2.29. The number of nitrogens with one attached hydrogen (secondary N) is 2. The lowest BCUT2D eigenvalue weighted by Gasteiger charge is -2.20. The molecule has 4 rings (SSSR count). The van der Waals surface area contributed by atoms with Crippen LogP contribution in [0.4, 0.5) is 28.8 Å². The Morgan fingerprint density at radius 3 is 2.50 bits per heavy atom. The second kappa shape index (κ2) is 8.20. The van der Waals surface area contributed by atoms with Gasteiger partial charge in [-0.25, -0.2) is 18.1 Å². The molecule has 0 bridgehead atoms. The molecular weight excluding hydrogens is 452 g/mol. The molecule has 0 atom stereocenters. The summed E-state index contributed by atoms with van der Waals surface area (Å²) in [5.74, 6) is 0.130. The highest BCUT2D eigenvalue weighted by Gasteiger charge is 2.30. The van der Waals surface area contributed by atoms with Crippen molar-refractivity contribution in [1.29, 1.82) is 0 Å². The van der Waals surface area contributed by atoms with Gasteiger partial charge in [0.15, 0.2) is 5.82 Å². The average Bonchev–Trinajstić information content (AvgIpc) is 3.25. The van der Waals surface area contributed by atoms with Gasteiger partial charge in [-0.2, -0.15) is 4.98 Å². The first-order chi connectivity index (χ1) is 15.2. The van der Waals surface area contributed by atoms with Crippen molar-refractivity contribution >= 4 is 62.0 Å². The van der Waals surface area contributed by atoms with Gasteiger partial charge in [-0.1, -0.05) is 6.92 Å². The maximum atomic E-state index is 12.7. The Kier molecular flexibility index (Phi) is 5.57. The fourth-order valence-corrected chi connectivity index (χ4v) is 5.09. The number of benzene rings is 1. The second-order valence-electron chi connectivity index (χ2n) is 6.99. The number of sulfonamides is 1. The first kappa shape index (κ1) is 21.7. The van der Waals surface area contributed by atoms with Crippen molar-refractivity contribution in [2.24, 2.45) is 0 Å². The number of hydrogen-bond donors (Lipinski definition) is 2. The van der Waals surface area contributed by atoms with Crippen molar-refractivity contribution in [3.05, 3.63) is 46.8 Å². The van der Waals surface area contributed by atoms with Crippen molar-refractivity contribution < 1.29 is 18.0 Å². The fraction of sp³-hybridized carbons (Fsp3) is 0.200. The predicted octanol–water partition coefficient (Wildman–Crippen LogP) is 2.85. The molecule has 32 heavy (non-hydrogen) atoms. The van der Waals surface area contributed by atoms with E-state index in [0.29, 0.717) is 22.1 Å². The number of nitrogens with zero attached hydrogens (tertiary/aromatic N) is 4. The highest BCUT2D eigenvalue weighted by molar-refractivity contribution is 7.90. The van der Waals surface area contributed by atoms with E-state index in [2.05, 4.69) is 15.3 Å². The van der Waals surface area contributed by atoms with Crippen LogP contribution in [0.25, 0.3) is 0 Å². The Morgan fingerprint density at radius 1 is 1.09 bits per heavy atom. The summed E-state index contributed by atoms with van der Waals surface area (Å²) in [6.45, 7) is 1.57. The monoisotopic (exact) mass is 472 g/mol. The van der Waals surface area contributed by atoms with E-state index in [1.807, 2.05) is 28.1 Å². The molecule has 0 saturated carbocycles. The predicted molar refractivity (Wildman–Crippen MR) is 122 cm³/mol. The zero-order chi connectivity index (χ0) is 23.0. The molecule has 0 fully saturated rings. The number of thiophene rings is 1. The molecule has 0 unspecified atom stereocenters. The van der Waals surface area contributed by atoms with Crippen LogP contribution < -0.4 is 19.8 Å². The molecule has 2 amide bonds. The van der Waals surface area contributed by atoms with E-state index in [9.17, 15) is 18.0 Å². The Morgan fingerprint density at radius 2 is 1.81 bits per heavy atom. The number of carbonyl (C=O) groups is 2. The summed E-state index contributed by atoms with van der Waals surface area (Å²) in [4.78, 5) is 37.0. The van der Waals surface area contributed by atoms with Gasteiger partial charge in [0, 0.05) is 26.2 Å². The molecule has 3 aromatic rings. The van der Waals surface area contributed by atoms with E-state index in [0.717, 1.165) is 5.69 Å². The standard InChI is InChI=1S/C20H20N6O4S2/c1-4-16(27)24-32(29,30)13-7-5-12(6-8-13)22-20-21-11-15-18(23-20)25(2)14-9-10-31-17(14)19(28)26(15)3/h5-11H,4H2,1-3H3,(H,24,27)(H,21,22,23). The van der Waals surface area contributed by atoms with Crippen LogP contribution in [-0.4, -0.2) is 44.3 Å². The molecule has 2 aromatic heterocycles. The molecule has 1 aliphatic heterocycles. The minimum absolute atomic E-state index is 0.0300. The summed E-state index contributed by atoms with van der Waals surface area (Å²) in [7, 11) is -0.412. The van der Waals surface area contributed by atoms with Gasteiger partial charge in [-0.05, 0) is 35.7 Å². The average molecular weight is 473 g/mol. The molecule has 0 saturated heterocycles. The normalized spacial score (nSPS) is 13.3. The molecular formula is C20H20N6O4S2. The molecule has 1 aliphatic rings. The van der Waals surface area contributed by atoms with E-state index < -0.39 is 15.9 Å². The lowest BCUT2D eigenvalue weighted by atomic mass is 10.3. The molecule has 10 nitrogen and oxygen atoms in total. The highest BCUT2D eigenvalue weighted by Crippen LogP contribution is 2.40. The van der Waals surface area contributed by atoms with Crippen LogP contribution in [0.15, 0.2) is 46.8 Å². The summed E-state index contributed by atoms with van der Waals surface area (Å²) in [6, 6.07) is 7.74. The van der Waals surface area contributed by atoms with Crippen LogP contribution in [0.2, 0.25) is 0 Å². The summed E-state index contributed by atoms with van der Waals surface area (Å²) in [5, 5.41) is 4.90. The third-order valence-electron chi connectivity index (χ3n) is 4.92. The van der Waals surface area contributed by atoms with E-state index in [1.165, 1.54) is 28.4 Å². The molecule has 12 heteroatoms. The van der Waals surface area contributed by atoms with Crippen molar-refractivity contribution in [3.8, 4) is 0 Å². The quantitative estimate of drug-likeness (QED) is 0.581. The van der Waals surface area contributed by atoms with Crippen LogP contribution in [-0.2, 0) is 14.8 Å². The Hall–Kier alpha value is -3.51. The van der Waals surface area contributed by atoms with Crippen LogP contribution in [0.5, 0.6) is 0 Å². The number of hydrogen-bond acceptors (Lipinski definition) is 9. The highest BCUT2D eigenvalue weighted by atomic mass is 32.2. The van der Waals surface area contributed by atoms with E-state index >= 15 is 0 Å². The molecule has 0 aliphatic carbocycles. The number of amides is 2. The largest absolute Gasteiger partial charge is 0.326 e. The van der Waals surface area contributed by atoms with Gasteiger partial charge in [0.05, 0.1) is 16.8 Å². The van der Waals surface area contributed by atoms with Gasteiger partial charge in [-0.3, -0.25) is 9.59 Å². The SMILES string of the molecule is CCC(=O)NS(=O)(=O)c1ccc(Nc2ncc3c(n2)N(C)c2ccsc2C(=O)N3C)cc1. The van der Waals surface area contributed by atoms with Crippen molar-refractivity contribution in [2.45, 2.75) is 18.2 Å². The van der Waals surface area contributed by atoms with Gasteiger partial charge in [0.2, 0.25) is 11.9 Å². The van der Waals surface area contributed by atoms with Gasteiger partial charge in [-0.15, -0.1) is 11.3 Å². The maximum Gasteiger partial charge on any atom is 0.270 e. The summed E-state index contributed by atoms with van der Waals surface area (Å²) in [6.07, 6.45) is 1.63. The molecule has 3 heterocycles. The van der Waals surface area contributed by atoms with Gasteiger partial charge in [0.25, 0.3) is 15.9 Å². The number of aromatic nitrogens is 2. The zero-order valence-corrected chi connectivity index (χ0v) is 19.1. The van der Waals surface area contributed by atoms with E-state index in [-0.39, 0.29) is 23.2 Å². The maximum absolute atomic E-state index is 12.7.